The number of Topliss-reactive ketones (excluding diaryl/α,β-unsaturated/α-hetero) is 1. The van der Waals surface area contributed by atoms with Crippen LogP contribution in [0.2, 0.25) is 0 Å². The Hall–Kier alpha value is -3.46. The fourth-order valence-electron chi connectivity index (χ4n) is 4.31. The number of nitrogens with zero attached hydrogens (tertiary/aromatic N) is 2. The van der Waals surface area contributed by atoms with Crippen molar-refractivity contribution in [2.45, 2.75) is 33.2 Å². The first-order chi connectivity index (χ1) is 16.1. The molecule has 1 aliphatic heterocycles. The van der Waals surface area contributed by atoms with Crippen molar-refractivity contribution in [3.63, 3.8) is 0 Å². The molecule has 2 aromatic rings. The average molecular weight is 472 g/mol. The molecule has 9 heteroatoms. The van der Waals surface area contributed by atoms with Crippen LogP contribution in [0.15, 0.2) is 29.8 Å². The van der Waals surface area contributed by atoms with Gasteiger partial charge in [-0.05, 0) is 71.1 Å². The van der Waals surface area contributed by atoms with E-state index in [1.807, 2.05) is 19.0 Å². The van der Waals surface area contributed by atoms with E-state index in [-0.39, 0.29) is 35.7 Å². The van der Waals surface area contributed by atoms with E-state index in [0.29, 0.717) is 29.8 Å². The van der Waals surface area contributed by atoms with Crippen LogP contribution in [0.5, 0.6) is 0 Å². The topological polar surface area (TPSA) is 103 Å². The second kappa shape index (κ2) is 10.2. The van der Waals surface area contributed by atoms with E-state index in [1.165, 1.54) is 29.2 Å². The van der Waals surface area contributed by atoms with Gasteiger partial charge in [-0.3, -0.25) is 9.59 Å². The number of hydrogen-bond acceptors (Lipinski definition) is 6. The number of aromatic amines is 1. The van der Waals surface area contributed by atoms with E-state index >= 15 is 0 Å². The molecule has 0 saturated carbocycles. The molecular formula is C25H30FN3O5. The summed E-state index contributed by atoms with van der Waals surface area (Å²) in [6, 6.07) is 4.61. The van der Waals surface area contributed by atoms with Crippen LogP contribution in [0, 0.1) is 19.7 Å². The van der Waals surface area contributed by atoms with Crippen LogP contribution in [0.1, 0.15) is 52.3 Å². The Morgan fingerprint density at radius 3 is 2.44 bits per heavy atom. The largest absolute Gasteiger partial charge is 0.507 e. The number of aliphatic hydroxyl groups excluding tert-OH is 1. The Morgan fingerprint density at radius 1 is 1.21 bits per heavy atom. The summed E-state index contributed by atoms with van der Waals surface area (Å²) < 4.78 is 18.7. The molecule has 1 amide bonds. The van der Waals surface area contributed by atoms with Crippen LogP contribution in [0.25, 0.3) is 5.76 Å². The second-order valence-electron chi connectivity index (χ2n) is 8.55. The van der Waals surface area contributed by atoms with Gasteiger partial charge in [0.25, 0.3) is 11.7 Å². The van der Waals surface area contributed by atoms with Gasteiger partial charge >= 0.3 is 5.97 Å². The zero-order chi connectivity index (χ0) is 25.2. The third kappa shape index (κ3) is 4.75. The molecule has 1 atom stereocenters. The number of esters is 1. The van der Waals surface area contributed by atoms with Crippen LogP contribution in [-0.2, 0) is 14.3 Å². The first-order valence-corrected chi connectivity index (χ1v) is 11.1. The van der Waals surface area contributed by atoms with Crippen LogP contribution in [-0.4, -0.2) is 71.3 Å². The van der Waals surface area contributed by atoms with Crippen LogP contribution in [0.4, 0.5) is 4.39 Å². The SMILES string of the molecule is CCOC(=O)c1[nH]c(C)c(C(O)=C2C(=O)C(=O)N(CCCN(C)C)[C@@H]2c2ccc(F)cc2)c1C. The standard InChI is InChI=1S/C25H30FN3O5/c1-6-34-25(33)20-14(2)18(15(3)27-20)22(30)19-21(16-8-10-17(26)11-9-16)29(24(32)23(19)31)13-7-12-28(4)5/h8-11,21,27,30H,6-7,12-13H2,1-5H3/t21-/m1/s1. The number of aromatic nitrogens is 1. The first kappa shape index (κ1) is 25.2. The number of halogens is 1. The van der Waals surface area contributed by atoms with Crippen molar-refractivity contribution in [3.8, 4) is 0 Å². The lowest BCUT2D eigenvalue weighted by molar-refractivity contribution is -0.139. The lowest BCUT2D eigenvalue weighted by atomic mass is 9.94. The summed E-state index contributed by atoms with van der Waals surface area (Å²) in [4.78, 5) is 44.8. The molecule has 0 unspecified atom stereocenters. The smallest absolute Gasteiger partial charge is 0.355 e. The number of aliphatic hydroxyl groups is 1. The van der Waals surface area contributed by atoms with Gasteiger partial charge < -0.3 is 24.6 Å². The lowest BCUT2D eigenvalue weighted by Gasteiger charge is -2.26. The van der Waals surface area contributed by atoms with E-state index in [2.05, 4.69) is 4.98 Å². The third-order valence-electron chi connectivity index (χ3n) is 5.88. The number of aryl methyl sites for hydroxylation is 1. The number of H-pyrrole nitrogens is 1. The highest BCUT2D eigenvalue weighted by molar-refractivity contribution is 6.46. The Balaban J connectivity index is 2.15. The number of nitrogens with one attached hydrogen (secondary N) is 1. The molecule has 1 fully saturated rings. The minimum absolute atomic E-state index is 0.0953. The van der Waals surface area contributed by atoms with Gasteiger partial charge in [0, 0.05) is 17.8 Å². The number of benzene rings is 1. The van der Waals surface area contributed by atoms with Gasteiger partial charge in [-0.25, -0.2) is 9.18 Å². The van der Waals surface area contributed by atoms with E-state index in [4.69, 9.17) is 4.74 Å². The first-order valence-electron chi connectivity index (χ1n) is 11.1. The third-order valence-corrected chi connectivity index (χ3v) is 5.88. The molecule has 8 nitrogen and oxygen atoms in total. The molecule has 2 N–H and O–H groups in total. The van der Waals surface area contributed by atoms with Crippen LogP contribution < -0.4 is 0 Å². The molecule has 3 rings (SSSR count). The van der Waals surface area contributed by atoms with Crippen molar-refractivity contribution < 1.29 is 28.6 Å². The maximum absolute atomic E-state index is 13.6. The molecule has 0 aliphatic carbocycles. The number of rotatable bonds is 8. The van der Waals surface area contributed by atoms with E-state index in [9.17, 15) is 23.9 Å². The minimum atomic E-state index is -0.887. The van der Waals surface area contributed by atoms with Crippen LogP contribution >= 0.6 is 0 Å². The normalized spacial score (nSPS) is 17.6. The molecule has 1 aromatic heterocycles. The molecule has 0 bridgehead atoms. The predicted octanol–water partition coefficient (Wildman–Crippen LogP) is 3.32. The zero-order valence-corrected chi connectivity index (χ0v) is 20.1. The Morgan fingerprint density at radius 2 is 1.85 bits per heavy atom. The molecule has 1 saturated heterocycles. The number of ketones is 1. The quantitative estimate of drug-likeness (QED) is 0.265. The molecule has 34 heavy (non-hydrogen) atoms. The second-order valence-corrected chi connectivity index (χ2v) is 8.55. The van der Waals surface area contributed by atoms with Gasteiger partial charge in [0.1, 0.15) is 17.3 Å². The van der Waals surface area contributed by atoms with Crippen molar-refractivity contribution >= 4 is 23.4 Å². The van der Waals surface area contributed by atoms with Crippen molar-refractivity contribution in [1.82, 2.24) is 14.8 Å². The summed E-state index contributed by atoms with van der Waals surface area (Å²) in [5.41, 5.74) is 1.70. The Bertz CT molecular complexity index is 1130. The highest BCUT2D eigenvalue weighted by Crippen LogP contribution is 2.41. The van der Waals surface area contributed by atoms with E-state index in [0.717, 1.165) is 0 Å². The number of carbonyl (C=O) groups is 3. The number of likely N-dealkylation sites (tertiary alicyclic amines) is 1. The number of carbonyl (C=O) groups excluding carboxylic acids is 3. The van der Waals surface area contributed by atoms with E-state index in [1.54, 1.807) is 20.8 Å². The van der Waals surface area contributed by atoms with E-state index < -0.39 is 29.5 Å². The van der Waals surface area contributed by atoms with Gasteiger partial charge in [-0.2, -0.15) is 0 Å². The minimum Gasteiger partial charge on any atom is -0.507 e. The number of ether oxygens (including phenoxy) is 1. The molecule has 1 aliphatic rings. The fourth-order valence-corrected chi connectivity index (χ4v) is 4.31. The Labute approximate surface area is 198 Å². The summed E-state index contributed by atoms with van der Waals surface area (Å²) in [6.45, 7) is 6.12. The lowest BCUT2D eigenvalue weighted by Crippen LogP contribution is -2.32. The fraction of sp³-hybridized carbons (Fsp3) is 0.400. The van der Waals surface area contributed by atoms with Gasteiger partial charge in [0.05, 0.1) is 18.2 Å². The molecule has 0 spiro atoms. The maximum Gasteiger partial charge on any atom is 0.355 e. The van der Waals surface area contributed by atoms with Gasteiger partial charge in [-0.15, -0.1) is 0 Å². The van der Waals surface area contributed by atoms with Crippen molar-refractivity contribution in [3.05, 3.63) is 63.7 Å². The summed E-state index contributed by atoms with van der Waals surface area (Å²) in [6.07, 6.45) is 0.604. The Kier molecular flexibility index (Phi) is 7.56. The summed E-state index contributed by atoms with van der Waals surface area (Å²) >= 11 is 0. The van der Waals surface area contributed by atoms with Crippen LogP contribution in [0.3, 0.4) is 0 Å². The zero-order valence-electron chi connectivity index (χ0n) is 20.1. The summed E-state index contributed by atoms with van der Waals surface area (Å²) in [5.74, 6) is -2.98. The van der Waals surface area contributed by atoms with Gasteiger partial charge in [0.15, 0.2) is 0 Å². The highest BCUT2D eigenvalue weighted by Gasteiger charge is 2.46. The van der Waals surface area contributed by atoms with Crippen molar-refractivity contribution in [2.24, 2.45) is 0 Å². The molecular weight excluding hydrogens is 441 g/mol. The number of hydrogen-bond donors (Lipinski definition) is 2. The maximum atomic E-state index is 13.6. The van der Waals surface area contributed by atoms with Crippen molar-refractivity contribution in [1.29, 1.82) is 0 Å². The van der Waals surface area contributed by atoms with Crippen molar-refractivity contribution in [2.75, 3.05) is 33.8 Å². The molecule has 1 aromatic carbocycles. The average Bonchev–Trinajstić information content (AvgIpc) is 3.21. The van der Waals surface area contributed by atoms with Gasteiger partial charge in [0.2, 0.25) is 0 Å². The predicted molar refractivity (Wildman–Crippen MR) is 125 cm³/mol. The molecule has 2 heterocycles. The highest BCUT2D eigenvalue weighted by atomic mass is 19.1. The summed E-state index contributed by atoms with van der Waals surface area (Å²) in [5, 5.41) is 11.3. The summed E-state index contributed by atoms with van der Waals surface area (Å²) in [7, 11) is 3.81. The molecule has 0 radical (unpaired) electrons. The monoisotopic (exact) mass is 471 g/mol. The van der Waals surface area contributed by atoms with Gasteiger partial charge in [-0.1, -0.05) is 12.1 Å². The number of amides is 1. The molecule has 182 valence electrons.